The first-order valence-corrected chi connectivity index (χ1v) is 4.49. The lowest BCUT2D eigenvalue weighted by molar-refractivity contribution is -0.143. The number of rotatable bonds is 1. The van der Waals surface area contributed by atoms with Gasteiger partial charge in [0.2, 0.25) is 0 Å². The Morgan fingerprint density at radius 3 is 2.36 bits per heavy atom. The highest BCUT2D eigenvalue weighted by Gasteiger charge is 2.47. The Morgan fingerprint density at radius 1 is 1.27 bits per heavy atom. The molecule has 0 amide bonds. The zero-order chi connectivity index (χ0) is 8.01. The fraction of sp³-hybridized carbons (Fsp3) is 0.875. The number of fused-ring (bicyclic) bond motifs is 2. The smallest absolute Gasteiger partial charge is 0.306 e. The maximum Gasteiger partial charge on any atom is 0.306 e. The fourth-order valence-corrected chi connectivity index (χ4v) is 2.94. The number of carboxylic acids is 1. The number of aliphatic carboxylic acids is 1. The van der Waals surface area contributed by atoms with Gasteiger partial charge in [-0.2, -0.15) is 0 Å². The molecular formula is C8H11ClO2. The topological polar surface area (TPSA) is 37.3 Å². The molecule has 2 aliphatic rings. The molecule has 0 spiro atoms. The van der Waals surface area contributed by atoms with Gasteiger partial charge in [-0.05, 0) is 31.1 Å². The molecule has 2 aliphatic carbocycles. The van der Waals surface area contributed by atoms with Crippen molar-refractivity contribution >= 4 is 17.6 Å². The first kappa shape index (κ1) is 7.41. The zero-order valence-corrected chi connectivity index (χ0v) is 6.92. The highest BCUT2D eigenvalue weighted by molar-refractivity contribution is 6.21. The van der Waals surface area contributed by atoms with Crippen LogP contribution in [0, 0.1) is 17.8 Å². The van der Waals surface area contributed by atoms with Crippen molar-refractivity contribution in [2.45, 2.75) is 24.6 Å². The molecule has 4 unspecified atom stereocenters. The molecule has 3 heteroatoms. The van der Waals surface area contributed by atoms with Gasteiger partial charge in [-0.25, -0.2) is 0 Å². The van der Waals surface area contributed by atoms with E-state index in [2.05, 4.69) is 0 Å². The second-order valence-electron chi connectivity index (χ2n) is 3.69. The summed E-state index contributed by atoms with van der Waals surface area (Å²) in [7, 11) is 0. The molecule has 0 aromatic heterocycles. The molecule has 0 aromatic carbocycles. The summed E-state index contributed by atoms with van der Waals surface area (Å²) in [4.78, 5) is 10.7. The Hall–Kier alpha value is -0.240. The van der Waals surface area contributed by atoms with Gasteiger partial charge in [0, 0.05) is 5.38 Å². The summed E-state index contributed by atoms with van der Waals surface area (Å²) in [5.74, 6) is 0.152. The van der Waals surface area contributed by atoms with Gasteiger partial charge in [0.25, 0.3) is 0 Å². The van der Waals surface area contributed by atoms with E-state index >= 15 is 0 Å². The SMILES string of the molecule is O=C(O)C1CC2CC1CC2Cl. The summed E-state index contributed by atoms with van der Waals surface area (Å²) in [5, 5.41) is 9.04. The number of alkyl halides is 1. The molecule has 4 atom stereocenters. The maximum atomic E-state index is 10.7. The molecule has 62 valence electrons. The third kappa shape index (κ3) is 1.04. The third-order valence-corrected chi connectivity index (χ3v) is 3.62. The van der Waals surface area contributed by atoms with Crippen molar-refractivity contribution in [2.75, 3.05) is 0 Å². The van der Waals surface area contributed by atoms with Gasteiger partial charge in [0.15, 0.2) is 0 Å². The van der Waals surface area contributed by atoms with Gasteiger partial charge in [-0.15, -0.1) is 11.6 Å². The lowest BCUT2D eigenvalue weighted by Crippen LogP contribution is -2.24. The Bertz CT molecular complexity index is 191. The van der Waals surface area contributed by atoms with Crippen LogP contribution >= 0.6 is 11.6 Å². The number of hydrogen-bond donors (Lipinski definition) is 1. The van der Waals surface area contributed by atoms with E-state index in [9.17, 15) is 4.79 Å². The van der Waals surface area contributed by atoms with E-state index in [4.69, 9.17) is 16.7 Å². The lowest BCUT2D eigenvalue weighted by Gasteiger charge is -2.20. The molecule has 11 heavy (non-hydrogen) atoms. The summed E-state index contributed by atoms with van der Waals surface area (Å²) in [6, 6.07) is 0. The van der Waals surface area contributed by atoms with Crippen molar-refractivity contribution in [1.82, 2.24) is 0 Å². The summed E-state index contributed by atoms with van der Waals surface area (Å²) in [6.07, 6.45) is 2.78. The first-order chi connectivity index (χ1) is 5.18. The average molecular weight is 175 g/mol. The number of halogens is 1. The maximum absolute atomic E-state index is 10.7. The second kappa shape index (κ2) is 2.37. The molecule has 0 saturated heterocycles. The monoisotopic (exact) mass is 174 g/mol. The van der Waals surface area contributed by atoms with E-state index in [1.54, 1.807) is 0 Å². The van der Waals surface area contributed by atoms with Crippen molar-refractivity contribution in [3.8, 4) is 0 Å². The number of carbonyl (C=O) groups is 1. The van der Waals surface area contributed by atoms with Gasteiger partial charge in [0.1, 0.15) is 0 Å². The van der Waals surface area contributed by atoms with Crippen LogP contribution < -0.4 is 0 Å². The van der Waals surface area contributed by atoms with Crippen LogP contribution in [-0.4, -0.2) is 16.5 Å². The Balaban J connectivity index is 2.08. The van der Waals surface area contributed by atoms with E-state index in [0.717, 1.165) is 19.3 Å². The lowest BCUT2D eigenvalue weighted by atomic mass is 9.89. The van der Waals surface area contributed by atoms with Crippen LogP contribution in [0.15, 0.2) is 0 Å². The highest BCUT2D eigenvalue weighted by atomic mass is 35.5. The molecular weight excluding hydrogens is 164 g/mol. The van der Waals surface area contributed by atoms with E-state index < -0.39 is 5.97 Å². The average Bonchev–Trinajstić information content (AvgIpc) is 2.43. The minimum Gasteiger partial charge on any atom is -0.481 e. The Labute approximate surface area is 70.5 Å². The summed E-state index contributed by atoms with van der Waals surface area (Å²) < 4.78 is 0. The van der Waals surface area contributed by atoms with Crippen LogP contribution in [0.2, 0.25) is 0 Å². The fourth-order valence-electron chi connectivity index (χ4n) is 2.51. The van der Waals surface area contributed by atoms with Gasteiger partial charge >= 0.3 is 5.97 Å². The molecule has 0 radical (unpaired) electrons. The van der Waals surface area contributed by atoms with Gasteiger partial charge in [-0.3, -0.25) is 4.79 Å². The third-order valence-electron chi connectivity index (χ3n) is 3.09. The van der Waals surface area contributed by atoms with Crippen LogP contribution in [0.3, 0.4) is 0 Å². The van der Waals surface area contributed by atoms with Crippen molar-refractivity contribution in [3.63, 3.8) is 0 Å². The summed E-state index contributed by atoms with van der Waals surface area (Å²) in [6.45, 7) is 0. The van der Waals surface area contributed by atoms with E-state index in [1.165, 1.54) is 0 Å². The molecule has 1 N–H and O–H groups in total. The molecule has 2 rings (SSSR count). The van der Waals surface area contributed by atoms with Crippen molar-refractivity contribution in [1.29, 1.82) is 0 Å². The normalized spacial score (nSPS) is 48.1. The Kier molecular flexibility index (Phi) is 1.60. The van der Waals surface area contributed by atoms with Gasteiger partial charge in [-0.1, -0.05) is 0 Å². The predicted molar refractivity (Wildman–Crippen MR) is 41.6 cm³/mol. The molecule has 0 heterocycles. The van der Waals surface area contributed by atoms with Crippen molar-refractivity contribution in [2.24, 2.45) is 17.8 Å². The molecule has 0 aromatic rings. The number of carboxylic acid groups (broad SMARTS) is 1. The van der Waals surface area contributed by atoms with Crippen LogP contribution in [0.25, 0.3) is 0 Å². The summed E-state index contributed by atoms with van der Waals surface area (Å²) in [5.41, 5.74) is 0. The number of hydrogen-bond acceptors (Lipinski definition) is 1. The van der Waals surface area contributed by atoms with Crippen LogP contribution in [0.1, 0.15) is 19.3 Å². The molecule has 0 aliphatic heterocycles. The molecule has 2 saturated carbocycles. The quantitative estimate of drug-likeness (QED) is 0.615. The first-order valence-electron chi connectivity index (χ1n) is 4.05. The highest BCUT2D eigenvalue weighted by Crippen LogP contribution is 2.50. The van der Waals surface area contributed by atoms with Gasteiger partial charge in [0.05, 0.1) is 5.92 Å². The standard InChI is InChI=1S/C8H11ClO2/c9-7-3-4-1-5(7)2-6(4)8(10)11/h4-7H,1-3H2,(H,10,11). The van der Waals surface area contributed by atoms with Crippen molar-refractivity contribution < 1.29 is 9.90 Å². The van der Waals surface area contributed by atoms with Gasteiger partial charge < -0.3 is 5.11 Å². The Morgan fingerprint density at radius 2 is 2.00 bits per heavy atom. The van der Waals surface area contributed by atoms with E-state index in [1.807, 2.05) is 0 Å². The molecule has 2 fully saturated rings. The van der Waals surface area contributed by atoms with E-state index in [0.29, 0.717) is 11.8 Å². The zero-order valence-electron chi connectivity index (χ0n) is 6.16. The molecule has 2 nitrogen and oxygen atoms in total. The van der Waals surface area contributed by atoms with Crippen LogP contribution in [0.5, 0.6) is 0 Å². The van der Waals surface area contributed by atoms with E-state index in [-0.39, 0.29) is 11.3 Å². The summed E-state index contributed by atoms with van der Waals surface area (Å²) >= 11 is 5.99. The minimum absolute atomic E-state index is 0.0880. The largest absolute Gasteiger partial charge is 0.481 e. The predicted octanol–water partition coefficient (Wildman–Crippen LogP) is 1.72. The second-order valence-corrected chi connectivity index (χ2v) is 4.25. The van der Waals surface area contributed by atoms with Crippen molar-refractivity contribution in [3.05, 3.63) is 0 Å². The minimum atomic E-state index is -0.624. The van der Waals surface area contributed by atoms with Crippen LogP contribution in [0.4, 0.5) is 0 Å². The van der Waals surface area contributed by atoms with Crippen LogP contribution in [-0.2, 0) is 4.79 Å². The molecule has 2 bridgehead atoms.